The van der Waals surface area contributed by atoms with Crippen molar-refractivity contribution >= 4 is 11.6 Å². The van der Waals surface area contributed by atoms with Crippen LogP contribution in [0.2, 0.25) is 0 Å². The first-order valence-corrected chi connectivity index (χ1v) is 7.01. The van der Waals surface area contributed by atoms with Gasteiger partial charge in [-0.25, -0.2) is 0 Å². The summed E-state index contributed by atoms with van der Waals surface area (Å²) in [6, 6.07) is 7.55. The Bertz CT molecular complexity index is 414. The standard InChI is InChI=1S/C15H22N2O2/c1-2-19-14-5-3-4-13(11-14)17-15(18)10-12-6-8-16-9-7-12/h3-5,11-12,16H,2,6-10H2,1H3,(H,17,18). The predicted octanol–water partition coefficient (Wildman–Crippen LogP) is 2.41. The number of hydrogen-bond donors (Lipinski definition) is 2. The highest BCUT2D eigenvalue weighted by Crippen LogP contribution is 2.20. The van der Waals surface area contributed by atoms with Gasteiger partial charge in [0, 0.05) is 18.2 Å². The third-order valence-electron chi connectivity index (χ3n) is 3.36. The third-order valence-corrected chi connectivity index (χ3v) is 3.36. The van der Waals surface area contributed by atoms with Crippen molar-refractivity contribution in [1.29, 1.82) is 0 Å². The van der Waals surface area contributed by atoms with Crippen LogP contribution in [0.4, 0.5) is 5.69 Å². The second kappa shape index (κ2) is 7.14. The van der Waals surface area contributed by atoms with E-state index in [4.69, 9.17) is 4.74 Å². The summed E-state index contributed by atoms with van der Waals surface area (Å²) >= 11 is 0. The summed E-state index contributed by atoms with van der Waals surface area (Å²) in [6.45, 7) is 4.63. The van der Waals surface area contributed by atoms with E-state index in [-0.39, 0.29) is 5.91 Å². The van der Waals surface area contributed by atoms with Gasteiger partial charge in [0.05, 0.1) is 6.61 Å². The van der Waals surface area contributed by atoms with Gasteiger partial charge in [-0.1, -0.05) is 6.07 Å². The summed E-state index contributed by atoms with van der Waals surface area (Å²) in [7, 11) is 0. The molecule has 1 saturated heterocycles. The lowest BCUT2D eigenvalue weighted by Crippen LogP contribution is -2.30. The Hall–Kier alpha value is -1.55. The number of carbonyl (C=O) groups is 1. The molecule has 0 atom stereocenters. The number of ether oxygens (including phenoxy) is 1. The SMILES string of the molecule is CCOc1cccc(NC(=O)CC2CCNCC2)c1. The summed E-state index contributed by atoms with van der Waals surface area (Å²) in [4.78, 5) is 12.0. The topological polar surface area (TPSA) is 50.4 Å². The minimum Gasteiger partial charge on any atom is -0.494 e. The molecule has 0 radical (unpaired) electrons. The highest BCUT2D eigenvalue weighted by atomic mass is 16.5. The first kappa shape index (κ1) is 13.9. The molecule has 0 aromatic heterocycles. The maximum absolute atomic E-state index is 12.0. The van der Waals surface area contributed by atoms with Crippen LogP contribution in [0.3, 0.4) is 0 Å². The van der Waals surface area contributed by atoms with Crippen LogP contribution in [0.25, 0.3) is 0 Å². The molecule has 1 aliphatic heterocycles. The van der Waals surface area contributed by atoms with Crippen LogP contribution in [0.15, 0.2) is 24.3 Å². The molecule has 0 bridgehead atoms. The Morgan fingerprint density at radius 2 is 2.21 bits per heavy atom. The van der Waals surface area contributed by atoms with Crippen molar-refractivity contribution in [2.24, 2.45) is 5.92 Å². The maximum atomic E-state index is 12.0. The maximum Gasteiger partial charge on any atom is 0.224 e. The zero-order valence-electron chi connectivity index (χ0n) is 11.4. The predicted molar refractivity (Wildman–Crippen MR) is 76.5 cm³/mol. The van der Waals surface area contributed by atoms with E-state index >= 15 is 0 Å². The van der Waals surface area contributed by atoms with E-state index in [1.165, 1.54) is 0 Å². The van der Waals surface area contributed by atoms with Crippen molar-refractivity contribution in [1.82, 2.24) is 5.32 Å². The molecular formula is C15H22N2O2. The van der Waals surface area contributed by atoms with Crippen LogP contribution < -0.4 is 15.4 Å². The van der Waals surface area contributed by atoms with Crippen LogP contribution in [-0.2, 0) is 4.79 Å². The van der Waals surface area contributed by atoms with E-state index in [0.717, 1.165) is 37.4 Å². The summed E-state index contributed by atoms with van der Waals surface area (Å²) < 4.78 is 5.42. The van der Waals surface area contributed by atoms with Gasteiger partial charge in [0.15, 0.2) is 0 Å². The van der Waals surface area contributed by atoms with Crippen LogP contribution in [0.1, 0.15) is 26.2 Å². The molecule has 1 fully saturated rings. The molecule has 1 amide bonds. The number of piperidine rings is 1. The molecular weight excluding hydrogens is 240 g/mol. The molecule has 4 nitrogen and oxygen atoms in total. The number of carbonyl (C=O) groups excluding carboxylic acids is 1. The second-order valence-electron chi connectivity index (χ2n) is 4.91. The van der Waals surface area contributed by atoms with Gasteiger partial charge in [-0.15, -0.1) is 0 Å². The molecule has 0 saturated carbocycles. The average Bonchev–Trinajstić information content (AvgIpc) is 2.40. The molecule has 4 heteroatoms. The number of rotatable bonds is 5. The van der Waals surface area contributed by atoms with Gasteiger partial charge in [0.1, 0.15) is 5.75 Å². The van der Waals surface area contributed by atoms with Crippen LogP contribution in [-0.4, -0.2) is 25.6 Å². The molecule has 1 aliphatic rings. The second-order valence-corrected chi connectivity index (χ2v) is 4.91. The molecule has 0 spiro atoms. The Balaban J connectivity index is 1.85. The number of hydrogen-bond acceptors (Lipinski definition) is 3. The molecule has 2 rings (SSSR count). The third kappa shape index (κ3) is 4.56. The van der Waals surface area contributed by atoms with Gasteiger partial charge in [-0.3, -0.25) is 4.79 Å². The van der Waals surface area contributed by atoms with E-state index in [1.54, 1.807) is 0 Å². The smallest absolute Gasteiger partial charge is 0.224 e. The monoisotopic (exact) mass is 262 g/mol. The van der Waals surface area contributed by atoms with E-state index in [0.29, 0.717) is 18.9 Å². The minimum atomic E-state index is 0.0977. The fourth-order valence-electron chi connectivity index (χ4n) is 2.39. The van der Waals surface area contributed by atoms with Crippen molar-refractivity contribution in [2.75, 3.05) is 25.0 Å². The van der Waals surface area contributed by atoms with Crippen molar-refractivity contribution < 1.29 is 9.53 Å². The molecule has 0 unspecified atom stereocenters. The summed E-state index contributed by atoms with van der Waals surface area (Å²) in [5.41, 5.74) is 0.810. The normalized spacial score (nSPS) is 16.1. The minimum absolute atomic E-state index is 0.0977. The van der Waals surface area contributed by atoms with E-state index < -0.39 is 0 Å². The number of benzene rings is 1. The zero-order chi connectivity index (χ0) is 13.5. The molecule has 104 valence electrons. The fraction of sp³-hybridized carbons (Fsp3) is 0.533. The van der Waals surface area contributed by atoms with Gasteiger partial charge < -0.3 is 15.4 Å². The van der Waals surface area contributed by atoms with Crippen LogP contribution in [0.5, 0.6) is 5.75 Å². The Morgan fingerprint density at radius 3 is 2.95 bits per heavy atom. The first-order chi connectivity index (χ1) is 9.28. The summed E-state index contributed by atoms with van der Waals surface area (Å²) in [5, 5.41) is 6.26. The summed E-state index contributed by atoms with van der Waals surface area (Å²) in [5.74, 6) is 1.40. The number of anilines is 1. The highest BCUT2D eigenvalue weighted by molar-refractivity contribution is 5.91. The quantitative estimate of drug-likeness (QED) is 0.856. The number of nitrogens with one attached hydrogen (secondary N) is 2. The molecule has 2 N–H and O–H groups in total. The van der Waals surface area contributed by atoms with Crippen molar-refractivity contribution in [2.45, 2.75) is 26.2 Å². The largest absolute Gasteiger partial charge is 0.494 e. The Labute approximate surface area is 114 Å². The van der Waals surface area contributed by atoms with Gasteiger partial charge in [0.25, 0.3) is 0 Å². The first-order valence-electron chi connectivity index (χ1n) is 7.01. The zero-order valence-corrected chi connectivity index (χ0v) is 11.4. The van der Waals surface area contributed by atoms with Gasteiger partial charge in [-0.2, -0.15) is 0 Å². The van der Waals surface area contributed by atoms with Crippen molar-refractivity contribution in [3.8, 4) is 5.75 Å². The molecule has 0 aliphatic carbocycles. The van der Waals surface area contributed by atoms with E-state index in [9.17, 15) is 4.79 Å². The van der Waals surface area contributed by atoms with Crippen molar-refractivity contribution in [3.05, 3.63) is 24.3 Å². The van der Waals surface area contributed by atoms with Crippen LogP contribution in [0, 0.1) is 5.92 Å². The lowest BCUT2D eigenvalue weighted by Gasteiger charge is -2.21. The number of amides is 1. The molecule has 1 heterocycles. The average molecular weight is 262 g/mol. The molecule has 1 aromatic rings. The Kier molecular flexibility index (Phi) is 5.21. The van der Waals surface area contributed by atoms with Crippen LogP contribution >= 0.6 is 0 Å². The van der Waals surface area contributed by atoms with E-state index in [2.05, 4.69) is 10.6 Å². The fourth-order valence-corrected chi connectivity index (χ4v) is 2.39. The van der Waals surface area contributed by atoms with Crippen molar-refractivity contribution in [3.63, 3.8) is 0 Å². The van der Waals surface area contributed by atoms with Gasteiger partial charge in [-0.05, 0) is 50.9 Å². The van der Waals surface area contributed by atoms with E-state index in [1.807, 2.05) is 31.2 Å². The van der Waals surface area contributed by atoms with Gasteiger partial charge in [0.2, 0.25) is 5.91 Å². The lowest BCUT2D eigenvalue weighted by molar-refractivity contribution is -0.117. The lowest BCUT2D eigenvalue weighted by atomic mass is 9.94. The molecule has 1 aromatic carbocycles. The highest BCUT2D eigenvalue weighted by Gasteiger charge is 2.16. The Morgan fingerprint density at radius 1 is 1.42 bits per heavy atom. The molecule has 19 heavy (non-hydrogen) atoms. The summed E-state index contributed by atoms with van der Waals surface area (Å²) in [6.07, 6.45) is 2.79. The van der Waals surface area contributed by atoms with Gasteiger partial charge >= 0.3 is 0 Å².